The third kappa shape index (κ3) is 4.55. The first-order valence-electron chi connectivity index (χ1n) is 6.63. The molecule has 1 aromatic carbocycles. The fourth-order valence-corrected chi connectivity index (χ4v) is 1.82. The zero-order valence-electron chi connectivity index (χ0n) is 12.2. The lowest BCUT2D eigenvalue weighted by atomic mass is 10.1. The molecule has 2 rings (SSSR count). The molecule has 0 aliphatic carbocycles. The molecular formula is C15H10F6N3O+. The third-order valence-corrected chi connectivity index (χ3v) is 3.07. The highest BCUT2D eigenvalue weighted by atomic mass is 19.4. The van der Waals surface area contributed by atoms with Crippen LogP contribution < -0.4 is 10.7 Å². The largest absolute Gasteiger partial charge is 0.417 e. The summed E-state index contributed by atoms with van der Waals surface area (Å²) in [5.41, 5.74) is 3.03. The van der Waals surface area contributed by atoms with Crippen molar-refractivity contribution in [2.24, 2.45) is 5.73 Å². The second-order valence-electron chi connectivity index (χ2n) is 4.88. The first kappa shape index (κ1) is 18.4. The highest BCUT2D eigenvalue weighted by Crippen LogP contribution is 2.29. The molecule has 0 aliphatic heterocycles. The Morgan fingerprint density at radius 2 is 1.60 bits per heavy atom. The van der Waals surface area contributed by atoms with Gasteiger partial charge in [-0.2, -0.15) is 26.3 Å². The second-order valence-corrected chi connectivity index (χ2v) is 4.88. The molecule has 1 heterocycles. The number of nitrogens with two attached hydrogens (primary N) is 1. The first-order valence-corrected chi connectivity index (χ1v) is 6.63. The number of nitrogens with one attached hydrogen (secondary N) is 1. The van der Waals surface area contributed by atoms with Gasteiger partial charge >= 0.3 is 18.3 Å². The lowest BCUT2D eigenvalue weighted by Gasteiger charge is -2.06. The molecule has 0 bridgehead atoms. The van der Waals surface area contributed by atoms with Crippen LogP contribution in [0.5, 0.6) is 0 Å². The number of alkyl halides is 6. The van der Waals surface area contributed by atoms with Gasteiger partial charge in [-0.15, -0.1) is 0 Å². The van der Waals surface area contributed by atoms with Crippen molar-refractivity contribution in [3.05, 3.63) is 65.0 Å². The smallest absolute Gasteiger partial charge is 0.285 e. The molecule has 25 heavy (non-hydrogen) atoms. The summed E-state index contributed by atoms with van der Waals surface area (Å²) in [7, 11) is 0. The van der Waals surface area contributed by atoms with Gasteiger partial charge in [0.15, 0.2) is 5.69 Å². The molecular weight excluding hydrogens is 352 g/mol. The molecule has 0 fully saturated rings. The van der Waals surface area contributed by atoms with Crippen LogP contribution in [-0.4, -0.2) is 16.7 Å². The molecule has 0 aliphatic rings. The molecule has 0 saturated carbocycles. The normalized spacial score (nSPS) is 13.0. The molecule has 0 atom stereocenters. The van der Waals surface area contributed by atoms with E-state index < -0.39 is 35.2 Å². The van der Waals surface area contributed by atoms with E-state index in [-0.39, 0.29) is 11.3 Å². The van der Waals surface area contributed by atoms with E-state index in [2.05, 4.69) is 9.98 Å². The van der Waals surface area contributed by atoms with Crippen molar-refractivity contribution >= 4 is 11.7 Å². The highest BCUT2D eigenvalue weighted by molar-refractivity contribution is 5.97. The molecule has 1 aromatic heterocycles. The lowest BCUT2D eigenvalue weighted by molar-refractivity contribution is -0.345. The van der Waals surface area contributed by atoms with Crippen LogP contribution in [0.4, 0.5) is 26.3 Å². The zero-order chi connectivity index (χ0) is 18.8. The number of nitrogens with zero attached hydrogens (tertiary/aromatic N) is 1. The van der Waals surface area contributed by atoms with Crippen LogP contribution >= 0.6 is 0 Å². The van der Waals surface area contributed by atoms with Gasteiger partial charge in [0.05, 0.1) is 16.7 Å². The zero-order valence-corrected chi connectivity index (χ0v) is 12.2. The standard InChI is InChI=1S/C15H9F6N3O/c16-14(17,18)9-3-1-2-8(6-9)13(25)24-12(22)11-5-4-10(7-23-11)15(19,20)21/h1-7H,(H2,22,24,25)/p+1. The number of amidine groups is 1. The molecule has 0 saturated heterocycles. The molecule has 4 nitrogen and oxygen atoms in total. The number of halogens is 6. The van der Waals surface area contributed by atoms with Gasteiger partial charge in [-0.05, 0) is 30.3 Å². The topological polar surface area (TPSA) is 70.0 Å². The Bertz CT molecular complexity index is 809. The summed E-state index contributed by atoms with van der Waals surface area (Å²) in [4.78, 5) is 17.5. The van der Waals surface area contributed by atoms with Gasteiger partial charge in [0.2, 0.25) is 0 Å². The molecule has 0 radical (unpaired) electrons. The highest BCUT2D eigenvalue weighted by Gasteiger charge is 2.32. The number of benzene rings is 1. The maximum Gasteiger partial charge on any atom is 0.417 e. The fourth-order valence-electron chi connectivity index (χ4n) is 1.82. The molecule has 1 amide bonds. The average molecular weight is 362 g/mol. The summed E-state index contributed by atoms with van der Waals surface area (Å²) < 4.78 is 75.2. The number of hydrogen-bond donors (Lipinski definition) is 2. The quantitative estimate of drug-likeness (QED) is 0.486. The number of aromatic nitrogens is 1. The molecule has 10 heteroatoms. The van der Waals surface area contributed by atoms with Crippen molar-refractivity contribution in [2.45, 2.75) is 12.4 Å². The van der Waals surface area contributed by atoms with Gasteiger partial charge in [-0.25, -0.2) is 14.8 Å². The Hall–Kier alpha value is -2.91. The Labute approximate surface area is 137 Å². The summed E-state index contributed by atoms with van der Waals surface area (Å²) in [6.45, 7) is 0. The van der Waals surface area contributed by atoms with E-state index in [1.165, 1.54) is 0 Å². The van der Waals surface area contributed by atoms with Gasteiger partial charge in [0.25, 0.3) is 5.84 Å². The van der Waals surface area contributed by atoms with E-state index in [4.69, 9.17) is 5.73 Å². The number of amides is 1. The minimum Gasteiger partial charge on any atom is -0.285 e. The van der Waals surface area contributed by atoms with Gasteiger partial charge in [0, 0.05) is 6.20 Å². The van der Waals surface area contributed by atoms with Crippen molar-refractivity contribution in [1.82, 2.24) is 4.98 Å². The Morgan fingerprint density at radius 3 is 2.12 bits per heavy atom. The minimum atomic E-state index is -4.62. The van der Waals surface area contributed by atoms with Gasteiger partial charge < -0.3 is 0 Å². The van der Waals surface area contributed by atoms with Crippen LogP contribution in [0.15, 0.2) is 42.6 Å². The SMILES string of the molecule is NC(=[NH+]C(=O)c1cccc(C(F)(F)F)c1)c1ccc(C(F)(F)F)cn1. The maximum absolute atomic E-state index is 12.6. The average Bonchev–Trinajstić information content (AvgIpc) is 2.53. The monoisotopic (exact) mass is 362 g/mol. The van der Waals surface area contributed by atoms with Crippen LogP contribution in [0.25, 0.3) is 0 Å². The predicted octanol–water partition coefficient (Wildman–Crippen LogP) is 1.75. The van der Waals surface area contributed by atoms with Gasteiger partial charge in [-0.1, -0.05) is 6.07 Å². The van der Waals surface area contributed by atoms with Crippen LogP contribution in [0.2, 0.25) is 0 Å². The number of nitrogen functional groups attached to an aromatic ring is 1. The Balaban J connectivity index is 2.26. The second kappa shape index (κ2) is 6.54. The van der Waals surface area contributed by atoms with Crippen molar-refractivity contribution in [1.29, 1.82) is 0 Å². The van der Waals surface area contributed by atoms with Crippen molar-refractivity contribution in [3.63, 3.8) is 0 Å². The lowest BCUT2D eigenvalue weighted by Crippen LogP contribution is -2.79. The Morgan fingerprint density at radius 1 is 0.960 bits per heavy atom. The maximum atomic E-state index is 12.6. The van der Waals surface area contributed by atoms with Crippen LogP contribution in [0, 0.1) is 0 Å². The molecule has 0 spiro atoms. The fraction of sp³-hybridized carbons (Fsp3) is 0.133. The van der Waals surface area contributed by atoms with E-state index in [1.807, 2.05) is 0 Å². The number of hydrogen-bond acceptors (Lipinski definition) is 2. The minimum absolute atomic E-state index is 0.159. The van der Waals surface area contributed by atoms with Crippen molar-refractivity contribution in [2.75, 3.05) is 0 Å². The summed E-state index contributed by atoms with van der Waals surface area (Å²) in [6, 6.07) is 5.25. The molecule has 3 N–H and O–H groups in total. The van der Waals surface area contributed by atoms with Crippen molar-refractivity contribution < 1.29 is 36.1 Å². The summed E-state index contributed by atoms with van der Waals surface area (Å²) in [5, 5.41) is 0. The Kier molecular flexibility index (Phi) is 4.82. The molecule has 132 valence electrons. The number of carbonyl (C=O) groups excluding carboxylic acids is 1. The van der Waals surface area contributed by atoms with Crippen LogP contribution in [0.3, 0.4) is 0 Å². The molecule has 0 unspecified atom stereocenters. The van der Waals surface area contributed by atoms with Gasteiger partial charge in [0.1, 0.15) is 0 Å². The number of carbonyl (C=O) groups is 1. The summed E-state index contributed by atoms with van der Waals surface area (Å²) in [6.07, 6.45) is -8.68. The number of pyridine rings is 1. The summed E-state index contributed by atoms with van der Waals surface area (Å²) >= 11 is 0. The van der Waals surface area contributed by atoms with Crippen molar-refractivity contribution in [3.8, 4) is 0 Å². The van der Waals surface area contributed by atoms with E-state index in [9.17, 15) is 31.1 Å². The number of rotatable bonds is 2. The van der Waals surface area contributed by atoms with E-state index in [0.717, 1.165) is 24.3 Å². The van der Waals surface area contributed by atoms with Gasteiger partial charge in [-0.3, -0.25) is 5.73 Å². The van der Waals surface area contributed by atoms with E-state index >= 15 is 0 Å². The van der Waals surface area contributed by atoms with E-state index in [0.29, 0.717) is 18.3 Å². The molecule has 2 aromatic rings. The van der Waals surface area contributed by atoms with Crippen LogP contribution in [0.1, 0.15) is 27.2 Å². The van der Waals surface area contributed by atoms with E-state index in [1.54, 1.807) is 0 Å². The summed E-state index contributed by atoms with van der Waals surface area (Å²) in [5.74, 6) is -1.35. The predicted molar refractivity (Wildman–Crippen MR) is 74.3 cm³/mol. The third-order valence-electron chi connectivity index (χ3n) is 3.07. The van der Waals surface area contributed by atoms with Crippen LogP contribution in [-0.2, 0) is 12.4 Å². The first-order chi connectivity index (χ1) is 11.5.